The van der Waals surface area contributed by atoms with Crippen LogP contribution in [0.3, 0.4) is 0 Å². The van der Waals surface area contributed by atoms with E-state index in [1.54, 1.807) is 0 Å². The number of halogens is 2. The molecule has 0 bridgehead atoms. The molecule has 2 N–H and O–H groups in total. The maximum atomic E-state index is 6.23. The van der Waals surface area contributed by atoms with E-state index < -0.39 is 0 Å². The SMILES string of the molecule is CCNC(=NCC1(c2cccc(Cl)c2)CCOCC1)NCC(C)C.I. The van der Waals surface area contributed by atoms with Crippen molar-refractivity contribution in [2.45, 2.75) is 39.0 Å². The van der Waals surface area contributed by atoms with Crippen molar-refractivity contribution in [3.8, 4) is 0 Å². The Labute approximate surface area is 174 Å². The van der Waals surface area contributed by atoms with Crippen molar-refractivity contribution in [3.05, 3.63) is 34.9 Å². The molecule has 0 unspecified atom stereocenters. The molecule has 2 rings (SSSR count). The van der Waals surface area contributed by atoms with Crippen molar-refractivity contribution in [2.24, 2.45) is 10.9 Å². The van der Waals surface area contributed by atoms with Crippen LogP contribution in [0.5, 0.6) is 0 Å². The van der Waals surface area contributed by atoms with Gasteiger partial charge < -0.3 is 15.4 Å². The zero-order valence-corrected chi connectivity index (χ0v) is 18.6. The standard InChI is InChI=1S/C19H30ClN3O.HI/c1-4-21-18(22-13-15(2)3)23-14-19(8-10-24-11-9-19)16-6-5-7-17(20)12-16;/h5-7,12,15H,4,8-11,13-14H2,1-3H3,(H2,21,22,23);1H. The first-order valence-electron chi connectivity index (χ1n) is 8.92. The average Bonchev–Trinajstić information content (AvgIpc) is 2.58. The lowest BCUT2D eigenvalue weighted by atomic mass is 9.74. The molecular formula is C19H31ClIN3O. The Kier molecular flexibility index (Phi) is 10.1. The van der Waals surface area contributed by atoms with Gasteiger partial charge in [-0.3, -0.25) is 4.99 Å². The van der Waals surface area contributed by atoms with Crippen LogP contribution in [0, 0.1) is 5.92 Å². The molecule has 142 valence electrons. The molecule has 0 aliphatic carbocycles. The number of benzene rings is 1. The van der Waals surface area contributed by atoms with Crippen LogP contribution in [0.25, 0.3) is 0 Å². The molecule has 1 saturated heterocycles. The molecule has 0 aromatic heterocycles. The third-order valence-corrected chi connectivity index (χ3v) is 4.68. The Balaban J connectivity index is 0.00000312. The lowest BCUT2D eigenvalue weighted by Gasteiger charge is -2.36. The van der Waals surface area contributed by atoms with Gasteiger partial charge in [-0.15, -0.1) is 24.0 Å². The fourth-order valence-corrected chi connectivity index (χ4v) is 3.18. The second kappa shape index (κ2) is 11.2. The summed E-state index contributed by atoms with van der Waals surface area (Å²) in [4.78, 5) is 4.88. The van der Waals surface area contributed by atoms with E-state index in [1.165, 1.54) is 5.56 Å². The maximum Gasteiger partial charge on any atom is 0.191 e. The van der Waals surface area contributed by atoms with E-state index in [4.69, 9.17) is 21.3 Å². The lowest BCUT2D eigenvalue weighted by molar-refractivity contribution is 0.0531. The van der Waals surface area contributed by atoms with E-state index in [1.807, 2.05) is 12.1 Å². The van der Waals surface area contributed by atoms with Gasteiger partial charge >= 0.3 is 0 Å². The topological polar surface area (TPSA) is 45.7 Å². The highest BCUT2D eigenvalue weighted by atomic mass is 127. The Hall–Kier alpha value is -0.530. The number of nitrogens with zero attached hydrogens (tertiary/aromatic N) is 1. The van der Waals surface area contributed by atoms with Crippen LogP contribution in [0.15, 0.2) is 29.3 Å². The van der Waals surface area contributed by atoms with Crippen molar-refractivity contribution in [1.82, 2.24) is 10.6 Å². The summed E-state index contributed by atoms with van der Waals surface area (Å²) in [6.45, 7) is 10.6. The van der Waals surface area contributed by atoms with E-state index in [9.17, 15) is 0 Å². The van der Waals surface area contributed by atoms with Crippen molar-refractivity contribution < 1.29 is 4.74 Å². The summed E-state index contributed by atoms with van der Waals surface area (Å²) in [6.07, 6.45) is 1.95. The first kappa shape index (κ1) is 22.5. The van der Waals surface area contributed by atoms with Crippen LogP contribution >= 0.6 is 35.6 Å². The first-order valence-corrected chi connectivity index (χ1v) is 9.29. The first-order chi connectivity index (χ1) is 11.6. The number of guanidine groups is 1. The second-order valence-electron chi connectivity index (χ2n) is 6.87. The van der Waals surface area contributed by atoms with Crippen LogP contribution in [-0.2, 0) is 10.2 Å². The van der Waals surface area contributed by atoms with Gasteiger partial charge in [0.05, 0.1) is 6.54 Å². The van der Waals surface area contributed by atoms with Gasteiger partial charge in [0.25, 0.3) is 0 Å². The number of nitrogens with one attached hydrogen (secondary N) is 2. The molecule has 1 fully saturated rings. The van der Waals surface area contributed by atoms with E-state index in [-0.39, 0.29) is 29.4 Å². The minimum Gasteiger partial charge on any atom is -0.381 e. The highest BCUT2D eigenvalue weighted by molar-refractivity contribution is 14.0. The van der Waals surface area contributed by atoms with Gasteiger partial charge in [0.1, 0.15) is 0 Å². The zero-order valence-electron chi connectivity index (χ0n) is 15.5. The minimum atomic E-state index is 0. The van der Waals surface area contributed by atoms with Gasteiger partial charge in [-0.05, 0) is 43.4 Å². The smallest absolute Gasteiger partial charge is 0.191 e. The van der Waals surface area contributed by atoms with Gasteiger partial charge in [-0.1, -0.05) is 37.6 Å². The third kappa shape index (κ3) is 6.94. The summed E-state index contributed by atoms with van der Waals surface area (Å²) in [6, 6.07) is 8.20. The monoisotopic (exact) mass is 479 g/mol. The van der Waals surface area contributed by atoms with Gasteiger partial charge in [0.2, 0.25) is 0 Å². The number of hydrogen-bond donors (Lipinski definition) is 2. The molecule has 0 saturated carbocycles. The number of ether oxygens (including phenoxy) is 1. The zero-order chi connectivity index (χ0) is 17.4. The van der Waals surface area contributed by atoms with Crippen molar-refractivity contribution in [1.29, 1.82) is 0 Å². The molecule has 1 aliphatic rings. The molecule has 0 radical (unpaired) electrons. The second-order valence-corrected chi connectivity index (χ2v) is 7.31. The summed E-state index contributed by atoms with van der Waals surface area (Å²) < 4.78 is 5.60. The van der Waals surface area contributed by atoms with Crippen molar-refractivity contribution >= 4 is 41.5 Å². The predicted molar refractivity (Wildman–Crippen MR) is 117 cm³/mol. The number of aliphatic imine (C=N–C) groups is 1. The molecule has 1 heterocycles. The van der Waals surface area contributed by atoms with E-state index in [2.05, 4.69) is 43.5 Å². The molecule has 1 aliphatic heterocycles. The lowest BCUT2D eigenvalue weighted by Crippen LogP contribution is -2.42. The molecule has 4 nitrogen and oxygen atoms in total. The third-order valence-electron chi connectivity index (χ3n) is 4.45. The summed E-state index contributed by atoms with van der Waals surface area (Å²) in [7, 11) is 0. The Morgan fingerprint density at radius 2 is 2.00 bits per heavy atom. The summed E-state index contributed by atoms with van der Waals surface area (Å²) >= 11 is 6.23. The Morgan fingerprint density at radius 3 is 2.60 bits per heavy atom. The fraction of sp³-hybridized carbons (Fsp3) is 0.632. The quantitative estimate of drug-likeness (QED) is 0.365. The predicted octanol–water partition coefficient (Wildman–Crippen LogP) is 4.22. The van der Waals surface area contributed by atoms with E-state index >= 15 is 0 Å². The summed E-state index contributed by atoms with van der Waals surface area (Å²) in [5.74, 6) is 1.47. The van der Waals surface area contributed by atoms with Gasteiger partial charge in [-0.25, -0.2) is 0 Å². The van der Waals surface area contributed by atoms with Crippen molar-refractivity contribution in [3.63, 3.8) is 0 Å². The molecule has 1 aromatic rings. The molecule has 0 amide bonds. The highest BCUT2D eigenvalue weighted by Gasteiger charge is 2.34. The van der Waals surface area contributed by atoms with Crippen LogP contribution in [-0.4, -0.2) is 38.8 Å². The maximum absolute atomic E-state index is 6.23. The summed E-state index contributed by atoms with van der Waals surface area (Å²) in [5, 5.41) is 7.54. The summed E-state index contributed by atoms with van der Waals surface area (Å²) in [5.41, 5.74) is 1.27. The highest BCUT2D eigenvalue weighted by Crippen LogP contribution is 2.36. The average molecular weight is 480 g/mol. The largest absolute Gasteiger partial charge is 0.381 e. The Morgan fingerprint density at radius 1 is 1.28 bits per heavy atom. The normalized spacial score (nSPS) is 17.1. The van der Waals surface area contributed by atoms with Crippen molar-refractivity contribution in [2.75, 3.05) is 32.8 Å². The Bertz CT molecular complexity index is 545. The van der Waals surface area contributed by atoms with Gasteiger partial charge in [0.15, 0.2) is 5.96 Å². The molecular weight excluding hydrogens is 449 g/mol. The molecule has 1 aromatic carbocycles. The molecule has 6 heteroatoms. The van der Waals surface area contributed by atoms with Gasteiger partial charge in [-0.2, -0.15) is 0 Å². The van der Waals surface area contributed by atoms with Gasteiger partial charge in [0, 0.05) is 36.7 Å². The number of rotatable bonds is 6. The fourth-order valence-electron chi connectivity index (χ4n) is 2.99. The molecule has 0 spiro atoms. The van der Waals surface area contributed by atoms with E-state index in [0.29, 0.717) is 5.92 Å². The molecule has 25 heavy (non-hydrogen) atoms. The van der Waals surface area contributed by atoms with E-state index in [0.717, 1.165) is 56.7 Å². The number of hydrogen-bond acceptors (Lipinski definition) is 2. The minimum absolute atomic E-state index is 0. The van der Waals surface area contributed by atoms with Crippen LogP contribution in [0.2, 0.25) is 5.02 Å². The van der Waals surface area contributed by atoms with Crippen LogP contribution in [0.1, 0.15) is 39.2 Å². The molecule has 0 atom stereocenters. The van der Waals surface area contributed by atoms with Crippen LogP contribution in [0.4, 0.5) is 0 Å². The van der Waals surface area contributed by atoms with Crippen LogP contribution < -0.4 is 10.6 Å².